The summed E-state index contributed by atoms with van der Waals surface area (Å²) in [6.45, 7) is 6.22. The van der Waals surface area contributed by atoms with Gasteiger partial charge in [0.2, 0.25) is 0 Å². The molecule has 24 heavy (non-hydrogen) atoms. The number of nitrogens with one attached hydrogen (secondary N) is 2. The van der Waals surface area contributed by atoms with E-state index in [2.05, 4.69) is 29.4 Å². The predicted molar refractivity (Wildman–Crippen MR) is 91.2 cm³/mol. The number of hydrogen-bond donors (Lipinski definition) is 2. The monoisotopic (exact) mass is 327 g/mol. The lowest BCUT2D eigenvalue weighted by molar-refractivity contribution is -0.118. The van der Waals surface area contributed by atoms with Crippen molar-refractivity contribution in [3.8, 4) is 0 Å². The molecule has 5 heteroatoms. The highest BCUT2D eigenvalue weighted by atomic mass is 19.1. The fraction of sp³-hybridized carbons (Fsp3) is 0.474. The van der Waals surface area contributed by atoms with Gasteiger partial charge in [-0.1, -0.05) is 19.9 Å². The van der Waals surface area contributed by atoms with E-state index in [0.29, 0.717) is 12.8 Å². The molecule has 4 nitrogen and oxygen atoms in total. The largest absolute Gasteiger partial charge is 0.342 e. The molecule has 126 valence electrons. The van der Waals surface area contributed by atoms with Gasteiger partial charge in [0.1, 0.15) is 5.83 Å². The molecular weight excluding hydrogens is 305 g/mol. The number of Topliss-reactive ketones (excluding diaryl/α,β-unsaturated/α-hetero) is 1. The van der Waals surface area contributed by atoms with Crippen LogP contribution in [0.4, 0.5) is 10.2 Å². The van der Waals surface area contributed by atoms with Crippen molar-refractivity contribution in [2.24, 2.45) is 11.3 Å². The van der Waals surface area contributed by atoms with Gasteiger partial charge in [-0.05, 0) is 43.3 Å². The lowest BCUT2D eigenvalue weighted by Gasteiger charge is -2.40. The second-order valence-corrected chi connectivity index (χ2v) is 7.89. The van der Waals surface area contributed by atoms with Gasteiger partial charge in [0.15, 0.2) is 11.6 Å². The highest BCUT2D eigenvalue weighted by Gasteiger charge is 2.43. The quantitative estimate of drug-likeness (QED) is 0.808. The Morgan fingerprint density at radius 2 is 2.12 bits per heavy atom. The van der Waals surface area contributed by atoms with Crippen LogP contribution in [0, 0.1) is 18.3 Å². The SMILES string of the molecule is Cc1[nH]nc2c1C(C1C=CC(F)=CC1)C1=C(CC(C)(C)CC1=O)N2. The highest BCUT2D eigenvalue weighted by Crippen LogP contribution is 2.50. The lowest BCUT2D eigenvalue weighted by atomic mass is 9.66. The molecular formula is C19H22FN3O. The molecule has 2 aliphatic carbocycles. The van der Waals surface area contributed by atoms with E-state index in [4.69, 9.17) is 0 Å². The molecule has 2 N–H and O–H groups in total. The van der Waals surface area contributed by atoms with E-state index in [-0.39, 0.29) is 28.9 Å². The molecule has 0 fully saturated rings. The van der Waals surface area contributed by atoms with Crippen LogP contribution in [-0.2, 0) is 4.79 Å². The van der Waals surface area contributed by atoms with Gasteiger partial charge in [0, 0.05) is 34.9 Å². The number of anilines is 1. The number of carbonyl (C=O) groups is 1. The average molecular weight is 327 g/mol. The van der Waals surface area contributed by atoms with Crippen LogP contribution in [0.2, 0.25) is 0 Å². The molecule has 2 atom stereocenters. The summed E-state index contributed by atoms with van der Waals surface area (Å²) in [6, 6.07) is 0. The maximum absolute atomic E-state index is 13.4. The van der Waals surface area contributed by atoms with Crippen molar-refractivity contribution >= 4 is 11.6 Å². The molecule has 0 saturated heterocycles. The predicted octanol–water partition coefficient (Wildman–Crippen LogP) is 4.30. The summed E-state index contributed by atoms with van der Waals surface area (Å²) in [5, 5.41) is 10.8. The maximum Gasteiger partial charge on any atom is 0.161 e. The van der Waals surface area contributed by atoms with E-state index < -0.39 is 0 Å². The number of aromatic amines is 1. The Kier molecular flexibility index (Phi) is 3.31. The molecule has 0 aromatic carbocycles. The lowest BCUT2D eigenvalue weighted by Crippen LogP contribution is -2.35. The summed E-state index contributed by atoms with van der Waals surface area (Å²) in [7, 11) is 0. The van der Waals surface area contributed by atoms with Crippen LogP contribution in [0.5, 0.6) is 0 Å². The van der Waals surface area contributed by atoms with Crippen LogP contribution in [0.1, 0.15) is 50.3 Å². The number of nitrogens with zero attached hydrogens (tertiary/aromatic N) is 1. The third-order valence-corrected chi connectivity index (χ3v) is 5.32. The number of carbonyl (C=O) groups excluding carboxylic acids is 1. The van der Waals surface area contributed by atoms with Crippen LogP contribution < -0.4 is 5.32 Å². The zero-order valence-electron chi connectivity index (χ0n) is 14.2. The molecule has 0 saturated carbocycles. The highest BCUT2D eigenvalue weighted by molar-refractivity contribution is 6.00. The van der Waals surface area contributed by atoms with E-state index in [1.165, 1.54) is 6.08 Å². The van der Waals surface area contributed by atoms with Crippen molar-refractivity contribution in [2.75, 3.05) is 5.32 Å². The van der Waals surface area contributed by atoms with E-state index >= 15 is 0 Å². The molecule has 1 aliphatic heterocycles. The Morgan fingerprint density at radius 1 is 1.33 bits per heavy atom. The fourth-order valence-corrected chi connectivity index (χ4v) is 4.29. The van der Waals surface area contributed by atoms with Crippen molar-refractivity contribution < 1.29 is 9.18 Å². The van der Waals surface area contributed by atoms with Gasteiger partial charge >= 0.3 is 0 Å². The number of allylic oxidation sites excluding steroid dienone is 6. The van der Waals surface area contributed by atoms with Gasteiger partial charge in [0.25, 0.3) is 0 Å². The van der Waals surface area contributed by atoms with Gasteiger partial charge in [-0.2, -0.15) is 5.10 Å². The second-order valence-electron chi connectivity index (χ2n) is 7.89. The summed E-state index contributed by atoms with van der Waals surface area (Å²) in [4.78, 5) is 13.0. The Labute approximate surface area is 140 Å². The Balaban J connectivity index is 1.84. The first-order valence-corrected chi connectivity index (χ1v) is 8.48. The molecule has 1 aromatic heterocycles. The molecule has 1 aromatic rings. The van der Waals surface area contributed by atoms with Gasteiger partial charge in [-0.15, -0.1) is 0 Å². The molecule has 0 spiro atoms. The van der Waals surface area contributed by atoms with Crippen LogP contribution >= 0.6 is 0 Å². The minimum absolute atomic E-state index is 0.0509. The first kappa shape index (κ1) is 15.4. The van der Waals surface area contributed by atoms with Crippen LogP contribution in [-0.4, -0.2) is 16.0 Å². The molecule has 2 unspecified atom stereocenters. The number of halogens is 1. The number of H-pyrrole nitrogens is 1. The van der Waals surface area contributed by atoms with Crippen LogP contribution in [0.25, 0.3) is 0 Å². The number of ketones is 1. The summed E-state index contributed by atoms with van der Waals surface area (Å²) in [5.41, 5.74) is 3.83. The normalized spacial score (nSPS) is 28.2. The Morgan fingerprint density at radius 3 is 2.83 bits per heavy atom. The second kappa shape index (κ2) is 5.16. The zero-order valence-corrected chi connectivity index (χ0v) is 14.2. The van der Waals surface area contributed by atoms with E-state index in [9.17, 15) is 9.18 Å². The number of aromatic nitrogens is 2. The van der Waals surface area contributed by atoms with E-state index in [0.717, 1.165) is 34.8 Å². The van der Waals surface area contributed by atoms with Crippen molar-refractivity contribution in [3.63, 3.8) is 0 Å². The molecule has 0 amide bonds. The topological polar surface area (TPSA) is 57.8 Å². The molecule has 2 heterocycles. The Bertz CT molecular complexity index is 813. The van der Waals surface area contributed by atoms with E-state index in [1.807, 2.05) is 13.0 Å². The minimum Gasteiger partial charge on any atom is -0.342 e. The first-order valence-electron chi connectivity index (χ1n) is 8.48. The van der Waals surface area contributed by atoms with Gasteiger partial charge < -0.3 is 5.32 Å². The molecule has 4 rings (SSSR count). The number of aryl methyl sites for hydroxylation is 1. The third-order valence-electron chi connectivity index (χ3n) is 5.32. The molecule has 0 radical (unpaired) electrons. The van der Waals surface area contributed by atoms with Crippen LogP contribution in [0.15, 0.2) is 35.3 Å². The fourth-order valence-electron chi connectivity index (χ4n) is 4.29. The number of fused-ring (bicyclic) bond motifs is 1. The minimum atomic E-state index is -0.199. The molecule has 0 bridgehead atoms. The summed E-state index contributed by atoms with van der Waals surface area (Å²) in [5.74, 6) is 0.837. The standard InChI is InChI=1S/C19H22FN3O/c1-10-15-16(11-4-6-12(20)7-5-11)17-13(21-18(15)23-22-10)8-19(2,3)9-14(17)24/h4,6-7,11,16H,5,8-9H2,1-3H3,(H2,21,22,23). The van der Waals surface area contributed by atoms with Crippen molar-refractivity contribution in [2.45, 2.75) is 46.0 Å². The number of rotatable bonds is 1. The smallest absolute Gasteiger partial charge is 0.161 e. The Hall–Kier alpha value is -2.17. The number of hydrogen-bond acceptors (Lipinski definition) is 3. The van der Waals surface area contributed by atoms with Gasteiger partial charge in [0.05, 0.1) is 0 Å². The summed E-state index contributed by atoms with van der Waals surface area (Å²) >= 11 is 0. The van der Waals surface area contributed by atoms with Gasteiger partial charge in [-0.25, -0.2) is 4.39 Å². The van der Waals surface area contributed by atoms with Crippen molar-refractivity contribution in [3.05, 3.63) is 46.6 Å². The van der Waals surface area contributed by atoms with Crippen molar-refractivity contribution in [1.82, 2.24) is 10.2 Å². The molecule has 3 aliphatic rings. The van der Waals surface area contributed by atoms with Gasteiger partial charge in [-0.3, -0.25) is 9.89 Å². The van der Waals surface area contributed by atoms with E-state index in [1.54, 1.807) is 6.08 Å². The van der Waals surface area contributed by atoms with Crippen LogP contribution in [0.3, 0.4) is 0 Å². The summed E-state index contributed by atoms with van der Waals surface area (Å²) in [6.07, 6.45) is 7.01. The maximum atomic E-state index is 13.4. The zero-order chi connectivity index (χ0) is 17.1. The third kappa shape index (κ3) is 2.34. The van der Waals surface area contributed by atoms with Crippen molar-refractivity contribution in [1.29, 1.82) is 0 Å². The average Bonchev–Trinajstić information content (AvgIpc) is 2.86. The first-order chi connectivity index (χ1) is 11.4. The summed E-state index contributed by atoms with van der Waals surface area (Å²) < 4.78 is 13.4.